The van der Waals surface area contributed by atoms with Crippen LogP contribution in [-0.4, -0.2) is 21.8 Å². The molecular weight excluding hydrogens is 299 g/mol. The minimum Gasteiger partial charge on any atom is -0.354 e. The normalized spacial score (nSPS) is 17.0. The zero-order valence-electron chi connectivity index (χ0n) is 12.0. The molecule has 0 saturated heterocycles. The van der Waals surface area contributed by atoms with Crippen LogP contribution in [0.15, 0.2) is 11.1 Å². The highest BCUT2D eigenvalue weighted by Crippen LogP contribution is 2.36. The van der Waals surface area contributed by atoms with Crippen molar-refractivity contribution in [1.29, 1.82) is 0 Å². The Morgan fingerprint density at radius 3 is 2.57 bits per heavy atom. The molecule has 0 bridgehead atoms. The zero-order valence-corrected chi connectivity index (χ0v) is 12.9. The Balaban J connectivity index is 2.17. The molecule has 1 aliphatic carbocycles. The van der Waals surface area contributed by atoms with Crippen LogP contribution in [0.25, 0.3) is 0 Å². The molecule has 3 nitrogen and oxygen atoms in total. The monoisotopic (exact) mass is 319 g/mol. The average Bonchev–Trinajstić information content (AvgIpc) is 2.45. The molecule has 1 aromatic heterocycles. The van der Waals surface area contributed by atoms with Crippen molar-refractivity contribution in [2.45, 2.75) is 61.9 Å². The number of nitrogens with zero attached hydrogens (tertiary/aromatic N) is 2. The summed E-state index contributed by atoms with van der Waals surface area (Å²) < 4.78 is 38.8. The van der Waals surface area contributed by atoms with E-state index in [1.807, 2.05) is 6.92 Å². The molecule has 1 aliphatic rings. The van der Waals surface area contributed by atoms with Crippen molar-refractivity contribution in [1.82, 2.24) is 9.97 Å². The van der Waals surface area contributed by atoms with Crippen LogP contribution >= 0.6 is 11.8 Å². The van der Waals surface area contributed by atoms with Gasteiger partial charge in [-0.25, -0.2) is 9.97 Å². The van der Waals surface area contributed by atoms with Crippen LogP contribution in [0.2, 0.25) is 0 Å². The minimum absolute atomic E-state index is 0.0741. The first-order valence-corrected chi connectivity index (χ1v) is 8.24. The number of anilines is 1. The van der Waals surface area contributed by atoms with Crippen LogP contribution in [0.3, 0.4) is 0 Å². The van der Waals surface area contributed by atoms with E-state index in [0.29, 0.717) is 16.8 Å². The maximum Gasteiger partial charge on any atom is 0.433 e. The Hall–Kier alpha value is -0.980. The summed E-state index contributed by atoms with van der Waals surface area (Å²) >= 11 is 1.45. The molecule has 0 atom stereocenters. The molecule has 1 aromatic rings. The van der Waals surface area contributed by atoms with Crippen LogP contribution in [0.4, 0.5) is 19.1 Å². The Kier molecular flexibility index (Phi) is 5.72. The molecule has 0 aliphatic heterocycles. The number of nitrogens with one attached hydrogen (secondary N) is 1. The van der Waals surface area contributed by atoms with E-state index >= 15 is 0 Å². The number of hydrogen-bond acceptors (Lipinski definition) is 4. The van der Waals surface area contributed by atoms with Crippen LogP contribution in [0.1, 0.15) is 51.1 Å². The molecule has 1 saturated carbocycles. The molecule has 0 spiro atoms. The summed E-state index contributed by atoms with van der Waals surface area (Å²) in [5.41, 5.74) is -0.866. The fraction of sp³-hybridized carbons (Fsp3) is 0.714. The molecule has 0 unspecified atom stereocenters. The molecule has 118 valence electrons. The molecular formula is C14H20F3N3S. The Labute approximate surface area is 127 Å². The van der Waals surface area contributed by atoms with Gasteiger partial charge in [-0.05, 0) is 19.3 Å². The first-order valence-electron chi connectivity index (χ1n) is 7.36. The Morgan fingerprint density at radius 1 is 1.24 bits per heavy atom. The lowest BCUT2D eigenvalue weighted by molar-refractivity contribution is -0.141. The lowest BCUT2D eigenvalue weighted by atomic mass is 10.0. The highest BCUT2D eigenvalue weighted by molar-refractivity contribution is 7.99. The summed E-state index contributed by atoms with van der Waals surface area (Å²) in [4.78, 5) is 7.79. The Morgan fingerprint density at radius 2 is 1.95 bits per heavy atom. The zero-order chi connectivity index (χ0) is 15.3. The van der Waals surface area contributed by atoms with E-state index in [0.717, 1.165) is 38.2 Å². The minimum atomic E-state index is -4.44. The van der Waals surface area contributed by atoms with Crippen LogP contribution in [0, 0.1) is 0 Å². The fourth-order valence-corrected chi connectivity index (χ4v) is 3.53. The second-order valence-electron chi connectivity index (χ2n) is 5.22. The third kappa shape index (κ3) is 5.05. The maximum atomic E-state index is 12.9. The summed E-state index contributed by atoms with van der Waals surface area (Å²) in [7, 11) is 0. The lowest BCUT2D eigenvalue weighted by Gasteiger charge is -2.21. The van der Waals surface area contributed by atoms with Crippen molar-refractivity contribution < 1.29 is 13.2 Å². The van der Waals surface area contributed by atoms with Gasteiger partial charge in [0.05, 0.1) is 0 Å². The first-order chi connectivity index (χ1) is 9.99. The quantitative estimate of drug-likeness (QED) is 0.795. The third-order valence-electron chi connectivity index (χ3n) is 3.37. The topological polar surface area (TPSA) is 37.8 Å². The van der Waals surface area contributed by atoms with Gasteiger partial charge in [-0.2, -0.15) is 13.2 Å². The number of hydrogen-bond donors (Lipinski definition) is 1. The highest BCUT2D eigenvalue weighted by Gasteiger charge is 2.34. The van der Waals surface area contributed by atoms with E-state index in [1.54, 1.807) is 0 Å². The smallest absolute Gasteiger partial charge is 0.354 e. The van der Waals surface area contributed by atoms with E-state index in [2.05, 4.69) is 15.3 Å². The van der Waals surface area contributed by atoms with Gasteiger partial charge in [-0.3, -0.25) is 0 Å². The molecule has 1 heterocycles. The molecule has 7 heteroatoms. The van der Waals surface area contributed by atoms with E-state index in [9.17, 15) is 13.2 Å². The van der Waals surface area contributed by atoms with Crippen LogP contribution in [0.5, 0.6) is 0 Å². The number of alkyl halides is 3. The molecule has 1 N–H and O–H groups in total. The van der Waals surface area contributed by atoms with Crippen LogP contribution in [-0.2, 0) is 6.18 Å². The molecule has 1 fully saturated rings. The van der Waals surface area contributed by atoms with Gasteiger partial charge in [0.2, 0.25) is 5.95 Å². The predicted octanol–water partition coefficient (Wildman–Crippen LogP) is 4.74. The third-order valence-corrected chi connectivity index (χ3v) is 4.62. The molecule has 21 heavy (non-hydrogen) atoms. The summed E-state index contributed by atoms with van der Waals surface area (Å²) in [5.74, 6) is 0.0741. The van der Waals surface area contributed by atoms with Crippen molar-refractivity contribution in [3.05, 3.63) is 11.8 Å². The van der Waals surface area contributed by atoms with Gasteiger partial charge in [0.15, 0.2) is 5.69 Å². The van der Waals surface area contributed by atoms with Crippen molar-refractivity contribution in [2.75, 3.05) is 11.9 Å². The van der Waals surface area contributed by atoms with Gasteiger partial charge in [-0.15, -0.1) is 11.8 Å². The molecule has 2 rings (SSSR count). The number of halogens is 3. The van der Waals surface area contributed by atoms with Crippen molar-refractivity contribution >= 4 is 17.7 Å². The van der Waals surface area contributed by atoms with E-state index < -0.39 is 11.9 Å². The van der Waals surface area contributed by atoms with Gasteiger partial charge < -0.3 is 5.32 Å². The summed E-state index contributed by atoms with van der Waals surface area (Å²) in [5, 5.41) is 3.64. The van der Waals surface area contributed by atoms with E-state index in [-0.39, 0.29) is 5.95 Å². The van der Waals surface area contributed by atoms with Crippen molar-refractivity contribution in [3.8, 4) is 0 Å². The second kappa shape index (κ2) is 7.33. The summed E-state index contributed by atoms with van der Waals surface area (Å²) in [6.45, 7) is 2.51. The lowest BCUT2D eigenvalue weighted by Crippen LogP contribution is -2.14. The first kappa shape index (κ1) is 16.4. The molecule has 0 radical (unpaired) electrons. The predicted molar refractivity (Wildman–Crippen MR) is 78.5 cm³/mol. The Bertz CT molecular complexity index is 459. The van der Waals surface area contributed by atoms with Gasteiger partial charge in [-0.1, -0.05) is 26.2 Å². The van der Waals surface area contributed by atoms with Crippen molar-refractivity contribution in [2.24, 2.45) is 0 Å². The fourth-order valence-electron chi connectivity index (χ4n) is 2.30. The van der Waals surface area contributed by atoms with Gasteiger partial charge in [0.1, 0.15) is 5.03 Å². The van der Waals surface area contributed by atoms with Gasteiger partial charge in [0, 0.05) is 17.9 Å². The van der Waals surface area contributed by atoms with E-state index in [4.69, 9.17) is 0 Å². The van der Waals surface area contributed by atoms with Crippen LogP contribution < -0.4 is 5.32 Å². The standard InChI is InChI=1S/C14H20F3N3S/c1-2-8-18-13-19-11(14(15,16)17)9-12(20-13)21-10-6-4-3-5-7-10/h9-10H,2-8H2,1H3,(H,18,19,20). The molecule has 0 aromatic carbocycles. The largest absolute Gasteiger partial charge is 0.433 e. The SMILES string of the molecule is CCCNc1nc(SC2CCCCC2)cc(C(F)(F)F)n1. The van der Waals surface area contributed by atoms with Crippen molar-refractivity contribution in [3.63, 3.8) is 0 Å². The average molecular weight is 319 g/mol. The maximum absolute atomic E-state index is 12.9. The number of aromatic nitrogens is 2. The number of rotatable bonds is 5. The second-order valence-corrected chi connectivity index (χ2v) is 6.54. The van der Waals surface area contributed by atoms with Gasteiger partial charge >= 0.3 is 6.18 Å². The van der Waals surface area contributed by atoms with Gasteiger partial charge in [0.25, 0.3) is 0 Å². The van der Waals surface area contributed by atoms with E-state index in [1.165, 1.54) is 18.2 Å². The summed E-state index contributed by atoms with van der Waals surface area (Å²) in [6, 6.07) is 1.07. The molecule has 0 amide bonds. The summed E-state index contributed by atoms with van der Waals surface area (Å²) in [6.07, 6.45) is 1.99. The number of thioether (sulfide) groups is 1. The highest BCUT2D eigenvalue weighted by atomic mass is 32.2.